The normalized spacial score (nSPS) is 18.9. The Bertz CT molecular complexity index is 1380. The van der Waals surface area contributed by atoms with Crippen molar-refractivity contribution in [3.8, 4) is 11.6 Å². The van der Waals surface area contributed by atoms with Gasteiger partial charge in [-0.3, -0.25) is 4.79 Å². The number of aromatic nitrogens is 2. The molecule has 1 aliphatic heterocycles. The first-order chi connectivity index (χ1) is 16.9. The van der Waals surface area contributed by atoms with Gasteiger partial charge in [-0.2, -0.15) is 17.5 Å². The molecule has 2 N–H and O–H groups in total. The maximum absolute atomic E-state index is 14.1. The molecular formula is C22H19F5N4O4S. The standard InChI is InChI=1S/C22H19F5N4O4S/c23-15-2-1-3-18(8-15)36(34,35)31-12-16(24)9-19(31)21(33)28-10-13-11-30(29-20(13)32)17-6-4-14(5-7-17)22(25,26)27/h1-8,11,16,19H,9-10,12H2,(H,28,33)(H,29,32)/t16-,19+/m1/s1. The van der Waals surface area contributed by atoms with E-state index < -0.39 is 69.4 Å². The molecule has 36 heavy (non-hydrogen) atoms. The first-order valence-electron chi connectivity index (χ1n) is 10.5. The van der Waals surface area contributed by atoms with E-state index in [1.165, 1.54) is 12.3 Å². The van der Waals surface area contributed by atoms with E-state index in [1.54, 1.807) is 0 Å². The molecule has 2 heterocycles. The maximum atomic E-state index is 14.1. The van der Waals surface area contributed by atoms with E-state index in [9.17, 15) is 40.3 Å². The minimum Gasteiger partial charge on any atom is -0.492 e. The molecule has 2 atom stereocenters. The van der Waals surface area contributed by atoms with Crippen LogP contribution in [0.15, 0.2) is 59.6 Å². The number of halogens is 5. The van der Waals surface area contributed by atoms with Crippen LogP contribution in [0.3, 0.4) is 0 Å². The number of rotatable bonds is 6. The summed E-state index contributed by atoms with van der Waals surface area (Å²) in [4.78, 5) is 12.3. The van der Waals surface area contributed by atoms with Crippen molar-refractivity contribution in [2.75, 3.05) is 6.54 Å². The van der Waals surface area contributed by atoms with Gasteiger partial charge in [0, 0.05) is 25.7 Å². The van der Waals surface area contributed by atoms with E-state index in [0.29, 0.717) is 4.31 Å². The summed E-state index contributed by atoms with van der Waals surface area (Å²) in [5, 5.41) is 16.3. The van der Waals surface area contributed by atoms with Gasteiger partial charge in [0.05, 0.1) is 21.7 Å². The van der Waals surface area contributed by atoms with E-state index in [-0.39, 0.29) is 17.8 Å². The van der Waals surface area contributed by atoms with Crippen LogP contribution in [0, 0.1) is 5.82 Å². The van der Waals surface area contributed by atoms with Gasteiger partial charge in [0.25, 0.3) is 0 Å². The van der Waals surface area contributed by atoms with Crippen LogP contribution in [-0.4, -0.2) is 52.3 Å². The second kappa shape index (κ2) is 9.50. The minimum atomic E-state index is -4.52. The van der Waals surface area contributed by atoms with Crippen LogP contribution in [0.25, 0.3) is 5.69 Å². The number of sulfonamides is 1. The van der Waals surface area contributed by atoms with Gasteiger partial charge in [-0.05, 0) is 42.5 Å². The van der Waals surface area contributed by atoms with Crippen molar-refractivity contribution in [3.05, 3.63) is 71.7 Å². The molecule has 14 heteroatoms. The highest BCUT2D eigenvalue weighted by Gasteiger charge is 2.44. The Hall–Kier alpha value is -3.52. The van der Waals surface area contributed by atoms with Crippen LogP contribution < -0.4 is 5.32 Å². The number of nitrogens with zero attached hydrogens (tertiary/aromatic N) is 3. The molecule has 0 radical (unpaired) electrons. The molecule has 192 valence electrons. The highest BCUT2D eigenvalue weighted by molar-refractivity contribution is 7.89. The Morgan fingerprint density at radius 1 is 1.17 bits per heavy atom. The number of alkyl halides is 4. The second-order valence-electron chi connectivity index (χ2n) is 8.07. The zero-order valence-corrected chi connectivity index (χ0v) is 19.1. The number of hydrogen-bond acceptors (Lipinski definition) is 5. The third-order valence-corrected chi connectivity index (χ3v) is 7.46. The molecule has 0 bridgehead atoms. The summed E-state index contributed by atoms with van der Waals surface area (Å²) >= 11 is 0. The summed E-state index contributed by atoms with van der Waals surface area (Å²) in [5.41, 5.74) is -0.576. The molecule has 1 saturated heterocycles. The highest BCUT2D eigenvalue weighted by Crippen LogP contribution is 2.30. The summed E-state index contributed by atoms with van der Waals surface area (Å²) in [6, 6.07) is 6.68. The molecule has 1 amide bonds. The molecule has 3 aromatic rings. The fraction of sp³-hybridized carbons (Fsp3) is 0.273. The quantitative estimate of drug-likeness (QED) is 0.477. The monoisotopic (exact) mass is 530 g/mol. The first-order valence-corrected chi connectivity index (χ1v) is 11.9. The predicted molar refractivity (Wildman–Crippen MR) is 116 cm³/mol. The summed E-state index contributed by atoms with van der Waals surface area (Å²) in [5.74, 6) is -2.18. The van der Waals surface area contributed by atoms with Crippen LogP contribution in [0.1, 0.15) is 17.5 Å². The van der Waals surface area contributed by atoms with Gasteiger partial charge in [-0.15, -0.1) is 5.10 Å². The van der Waals surface area contributed by atoms with E-state index in [4.69, 9.17) is 0 Å². The lowest BCUT2D eigenvalue weighted by Crippen LogP contribution is -2.45. The van der Waals surface area contributed by atoms with Crippen LogP contribution in [0.5, 0.6) is 5.88 Å². The van der Waals surface area contributed by atoms with Crippen molar-refractivity contribution >= 4 is 15.9 Å². The van der Waals surface area contributed by atoms with Crippen molar-refractivity contribution in [2.45, 2.75) is 36.3 Å². The Morgan fingerprint density at radius 3 is 2.50 bits per heavy atom. The van der Waals surface area contributed by atoms with Crippen molar-refractivity contribution in [1.29, 1.82) is 0 Å². The van der Waals surface area contributed by atoms with Crippen LogP contribution in [0.2, 0.25) is 0 Å². The number of aromatic hydroxyl groups is 1. The van der Waals surface area contributed by atoms with E-state index in [2.05, 4.69) is 10.4 Å². The topological polar surface area (TPSA) is 105 Å². The minimum absolute atomic E-state index is 0.0811. The predicted octanol–water partition coefficient (Wildman–Crippen LogP) is 3.15. The first kappa shape index (κ1) is 25.6. The Kier molecular flexibility index (Phi) is 6.75. The van der Waals surface area contributed by atoms with Crippen LogP contribution >= 0.6 is 0 Å². The number of carbonyl (C=O) groups excluding carboxylic acids is 1. The van der Waals surface area contributed by atoms with Crippen molar-refractivity contribution in [2.24, 2.45) is 0 Å². The molecule has 1 fully saturated rings. The van der Waals surface area contributed by atoms with Gasteiger partial charge < -0.3 is 10.4 Å². The molecule has 1 aromatic heterocycles. The lowest BCUT2D eigenvalue weighted by atomic mass is 10.2. The molecule has 4 rings (SSSR count). The van der Waals surface area contributed by atoms with E-state index in [0.717, 1.165) is 47.1 Å². The molecule has 1 aliphatic rings. The van der Waals surface area contributed by atoms with Gasteiger partial charge >= 0.3 is 6.18 Å². The number of nitrogens with one attached hydrogen (secondary N) is 1. The molecule has 0 saturated carbocycles. The fourth-order valence-electron chi connectivity index (χ4n) is 3.78. The SMILES string of the molecule is O=C(NCc1cn(-c2ccc(C(F)(F)F)cc2)nc1O)[C@@H]1C[C@@H](F)CN1S(=O)(=O)c1cccc(F)c1. The largest absolute Gasteiger partial charge is 0.492 e. The Balaban J connectivity index is 1.48. The van der Waals surface area contributed by atoms with Gasteiger partial charge in [-0.25, -0.2) is 21.9 Å². The third kappa shape index (κ3) is 5.18. The molecule has 2 aromatic carbocycles. The van der Waals surface area contributed by atoms with Gasteiger partial charge in [-0.1, -0.05) is 6.07 Å². The zero-order valence-electron chi connectivity index (χ0n) is 18.3. The van der Waals surface area contributed by atoms with Crippen molar-refractivity contribution < 1.29 is 40.3 Å². The van der Waals surface area contributed by atoms with Gasteiger partial charge in [0.15, 0.2) is 0 Å². The zero-order chi connectivity index (χ0) is 26.3. The average molecular weight is 530 g/mol. The molecule has 0 spiro atoms. The summed E-state index contributed by atoms with van der Waals surface area (Å²) in [7, 11) is -4.38. The number of hydrogen-bond donors (Lipinski definition) is 2. The second-order valence-corrected chi connectivity index (χ2v) is 9.96. The lowest BCUT2D eigenvalue weighted by molar-refractivity contribution is -0.137. The van der Waals surface area contributed by atoms with Crippen molar-refractivity contribution in [3.63, 3.8) is 0 Å². The number of benzene rings is 2. The summed E-state index contributed by atoms with van der Waals surface area (Å²) in [6.45, 7) is -0.916. The molecule has 8 nitrogen and oxygen atoms in total. The Labute approximate surface area is 202 Å². The fourth-order valence-corrected chi connectivity index (χ4v) is 5.44. The summed E-state index contributed by atoms with van der Waals surface area (Å²) in [6.07, 6.45) is -5.29. The molecule has 0 aliphatic carbocycles. The molecular weight excluding hydrogens is 511 g/mol. The molecule has 0 unspecified atom stereocenters. The lowest BCUT2D eigenvalue weighted by Gasteiger charge is -2.23. The van der Waals surface area contributed by atoms with Crippen molar-refractivity contribution in [1.82, 2.24) is 19.4 Å². The Morgan fingerprint density at radius 2 is 1.86 bits per heavy atom. The van der Waals surface area contributed by atoms with Crippen LogP contribution in [0.4, 0.5) is 22.0 Å². The number of amides is 1. The third-order valence-electron chi connectivity index (χ3n) is 5.59. The van der Waals surface area contributed by atoms with E-state index >= 15 is 0 Å². The maximum Gasteiger partial charge on any atom is 0.416 e. The van der Waals surface area contributed by atoms with Gasteiger partial charge in [0.1, 0.15) is 18.0 Å². The van der Waals surface area contributed by atoms with E-state index in [1.807, 2.05) is 0 Å². The number of carbonyl (C=O) groups is 1. The summed E-state index contributed by atoms with van der Waals surface area (Å²) < 4.78 is 93.5. The average Bonchev–Trinajstić information content (AvgIpc) is 3.40. The van der Waals surface area contributed by atoms with Crippen LogP contribution in [-0.2, 0) is 27.5 Å². The smallest absolute Gasteiger partial charge is 0.416 e. The van der Waals surface area contributed by atoms with Gasteiger partial charge in [0.2, 0.25) is 21.8 Å². The highest BCUT2D eigenvalue weighted by atomic mass is 32.2.